The van der Waals surface area contributed by atoms with Crippen molar-refractivity contribution in [3.63, 3.8) is 0 Å². The van der Waals surface area contributed by atoms with Gasteiger partial charge in [-0.2, -0.15) is 11.8 Å². The van der Waals surface area contributed by atoms with Gasteiger partial charge in [0.1, 0.15) is 0 Å². The van der Waals surface area contributed by atoms with Crippen LogP contribution in [0.3, 0.4) is 0 Å². The summed E-state index contributed by atoms with van der Waals surface area (Å²) in [5.41, 5.74) is 0.259. The predicted molar refractivity (Wildman–Crippen MR) is 70.7 cm³/mol. The lowest BCUT2D eigenvalue weighted by Gasteiger charge is -2.38. The molecule has 0 saturated carbocycles. The van der Waals surface area contributed by atoms with E-state index in [0.29, 0.717) is 0 Å². The van der Waals surface area contributed by atoms with Gasteiger partial charge < -0.3 is 5.32 Å². The van der Waals surface area contributed by atoms with Crippen LogP contribution in [0.15, 0.2) is 0 Å². The quantitative estimate of drug-likeness (QED) is 0.779. The SMILES string of the molecule is CCNC(C)(C)CN1CCSC(CC)C1. The van der Waals surface area contributed by atoms with Crippen LogP contribution in [0.1, 0.15) is 34.1 Å². The second-order valence-electron chi connectivity index (χ2n) is 5.05. The molecule has 90 valence electrons. The summed E-state index contributed by atoms with van der Waals surface area (Å²) in [5.74, 6) is 1.31. The number of hydrogen-bond donors (Lipinski definition) is 1. The normalized spacial score (nSPS) is 24.4. The van der Waals surface area contributed by atoms with Gasteiger partial charge in [0.05, 0.1) is 0 Å². The van der Waals surface area contributed by atoms with Crippen molar-refractivity contribution in [3.8, 4) is 0 Å². The molecule has 0 amide bonds. The molecular formula is C12H26N2S. The van der Waals surface area contributed by atoms with E-state index in [1.807, 2.05) is 0 Å². The minimum Gasteiger partial charge on any atom is -0.311 e. The molecule has 1 unspecified atom stereocenters. The molecule has 1 aliphatic heterocycles. The minimum absolute atomic E-state index is 0.259. The molecule has 0 aromatic heterocycles. The molecule has 1 heterocycles. The lowest BCUT2D eigenvalue weighted by Crippen LogP contribution is -2.52. The van der Waals surface area contributed by atoms with E-state index in [1.165, 1.54) is 31.8 Å². The van der Waals surface area contributed by atoms with Crippen LogP contribution in [-0.4, -0.2) is 47.6 Å². The molecule has 1 rings (SSSR count). The fourth-order valence-electron chi connectivity index (χ4n) is 2.26. The summed E-state index contributed by atoms with van der Waals surface area (Å²) in [7, 11) is 0. The van der Waals surface area contributed by atoms with Crippen LogP contribution in [0, 0.1) is 0 Å². The van der Waals surface area contributed by atoms with Crippen LogP contribution >= 0.6 is 11.8 Å². The van der Waals surface area contributed by atoms with Crippen LogP contribution in [0.5, 0.6) is 0 Å². The topological polar surface area (TPSA) is 15.3 Å². The van der Waals surface area contributed by atoms with Crippen molar-refractivity contribution in [2.45, 2.75) is 44.9 Å². The summed E-state index contributed by atoms with van der Waals surface area (Å²) >= 11 is 2.14. The van der Waals surface area contributed by atoms with Gasteiger partial charge in [-0.05, 0) is 26.8 Å². The highest BCUT2D eigenvalue weighted by atomic mass is 32.2. The summed E-state index contributed by atoms with van der Waals surface area (Å²) in [4.78, 5) is 2.62. The Bertz CT molecular complexity index is 182. The van der Waals surface area contributed by atoms with Crippen LogP contribution in [0.4, 0.5) is 0 Å². The molecule has 0 radical (unpaired) electrons. The third-order valence-corrected chi connectivity index (χ3v) is 4.32. The zero-order valence-corrected chi connectivity index (χ0v) is 11.5. The Morgan fingerprint density at radius 2 is 2.13 bits per heavy atom. The Balaban J connectivity index is 2.36. The zero-order chi connectivity index (χ0) is 11.3. The maximum atomic E-state index is 3.55. The van der Waals surface area contributed by atoms with Gasteiger partial charge in [-0.3, -0.25) is 4.90 Å². The van der Waals surface area contributed by atoms with E-state index in [0.717, 1.165) is 11.8 Å². The van der Waals surface area contributed by atoms with Gasteiger partial charge in [0.25, 0.3) is 0 Å². The molecule has 1 N–H and O–H groups in total. The van der Waals surface area contributed by atoms with Crippen molar-refractivity contribution in [1.29, 1.82) is 0 Å². The zero-order valence-electron chi connectivity index (χ0n) is 10.7. The Morgan fingerprint density at radius 3 is 2.73 bits per heavy atom. The van der Waals surface area contributed by atoms with Crippen molar-refractivity contribution in [2.75, 3.05) is 31.9 Å². The monoisotopic (exact) mass is 230 g/mol. The molecule has 0 aliphatic carbocycles. The third-order valence-electron chi connectivity index (χ3n) is 2.95. The highest BCUT2D eigenvalue weighted by Crippen LogP contribution is 2.22. The van der Waals surface area contributed by atoms with E-state index >= 15 is 0 Å². The van der Waals surface area contributed by atoms with Crippen molar-refractivity contribution >= 4 is 11.8 Å². The van der Waals surface area contributed by atoms with E-state index < -0.39 is 0 Å². The van der Waals surface area contributed by atoms with Gasteiger partial charge in [0, 0.05) is 36.2 Å². The summed E-state index contributed by atoms with van der Waals surface area (Å²) in [6, 6.07) is 0. The first-order valence-electron chi connectivity index (χ1n) is 6.16. The average Bonchev–Trinajstić information content (AvgIpc) is 2.17. The van der Waals surface area contributed by atoms with E-state index in [9.17, 15) is 0 Å². The first kappa shape index (κ1) is 13.3. The van der Waals surface area contributed by atoms with Crippen molar-refractivity contribution < 1.29 is 0 Å². The van der Waals surface area contributed by atoms with Crippen LogP contribution in [0.25, 0.3) is 0 Å². The van der Waals surface area contributed by atoms with Gasteiger partial charge in [0.15, 0.2) is 0 Å². The van der Waals surface area contributed by atoms with Crippen molar-refractivity contribution in [2.24, 2.45) is 0 Å². The highest BCUT2D eigenvalue weighted by Gasteiger charge is 2.24. The third kappa shape index (κ3) is 4.75. The van der Waals surface area contributed by atoms with Crippen LogP contribution < -0.4 is 5.32 Å². The molecule has 1 fully saturated rings. The number of nitrogens with zero attached hydrogens (tertiary/aromatic N) is 1. The molecule has 0 bridgehead atoms. The first-order valence-corrected chi connectivity index (χ1v) is 7.21. The maximum absolute atomic E-state index is 3.55. The molecule has 0 aromatic carbocycles. The largest absolute Gasteiger partial charge is 0.311 e. The molecule has 3 heteroatoms. The van der Waals surface area contributed by atoms with E-state index in [-0.39, 0.29) is 5.54 Å². The van der Waals surface area contributed by atoms with Gasteiger partial charge in [0.2, 0.25) is 0 Å². The predicted octanol–water partition coefficient (Wildman–Crippen LogP) is 2.20. The molecule has 15 heavy (non-hydrogen) atoms. The van der Waals surface area contributed by atoms with E-state index in [2.05, 4.69) is 49.7 Å². The molecule has 0 aromatic rings. The summed E-state index contributed by atoms with van der Waals surface area (Å²) in [6.45, 7) is 13.9. The molecule has 1 aliphatic rings. The Morgan fingerprint density at radius 1 is 1.40 bits per heavy atom. The smallest absolute Gasteiger partial charge is 0.0252 e. The Kier molecular flexibility index (Phi) is 5.44. The number of thioether (sulfide) groups is 1. The second-order valence-corrected chi connectivity index (χ2v) is 6.46. The maximum Gasteiger partial charge on any atom is 0.0252 e. The molecule has 2 nitrogen and oxygen atoms in total. The number of likely N-dealkylation sites (N-methyl/N-ethyl adjacent to an activating group) is 1. The van der Waals surface area contributed by atoms with Crippen LogP contribution in [0.2, 0.25) is 0 Å². The summed E-state index contributed by atoms with van der Waals surface area (Å²) in [6.07, 6.45) is 1.31. The first-order chi connectivity index (χ1) is 7.07. The number of nitrogens with one attached hydrogen (secondary N) is 1. The molecule has 1 atom stereocenters. The summed E-state index contributed by atoms with van der Waals surface area (Å²) in [5, 5.41) is 4.41. The Labute approximate surface area is 99.2 Å². The lowest BCUT2D eigenvalue weighted by molar-refractivity contribution is 0.206. The molecule has 0 spiro atoms. The van der Waals surface area contributed by atoms with Gasteiger partial charge in [-0.1, -0.05) is 13.8 Å². The fourth-order valence-corrected chi connectivity index (χ4v) is 3.51. The van der Waals surface area contributed by atoms with E-state index in [4.69, 9.17) is 0 Å². The van der Waals surface area contributed by atoms with Crippen LogP contribution in [-0.2, 0) is 0 Å². The average molecular weight is 230 g/mol. The van der Waals surface area contributed by atoms with Gasteiger partial charge in [-0.15, -0.1) is 0 Å². The molecule has 1 saturated heterocycles. The lowest BCUT2D eigenvalue weighted by atomic mass is 10.0. The highest BCUT2D eigenvalue weighted by molar-refractivity contribution is 8.00. The summed E-state index contributed by atoms with van der Waals surface area (Å²) < 4.78 is 0. The fraction of sp³-hybridized carbons (Fsp3) is 1.00. The van der Waals surface area contributed by atoms with Gasteiger partial charge in [-0.25, -0.2) is 0 Å². The minimum atomic E-state index is 0.259. The van der Waals surface area contributed by atoms with Crippen molar-refractivity contribution in [1.82, 2.24) is 10.2 Å². The van der Waals surface area contributed by atoms with Crippen molar-refractivity contribution in [3.05, 3.63) is 0 Å². The molecular weight excluding hydrogens is 204 g/mol. The van der Waals surface area contributed by atoms with Gasteiger partial charge >= 0.3 is 0 Å². The number of rotatable bonds is 5. The standard InChI is InChI=1S/C12H26N2S/c1-5-11-9-14(7-8-15-11)10-12(3,4)13-6-2/h11,13H,5-10H2,1-4H3. The number of hydrogen-bond acceptors (Lipinski definition) is 3. The second kappa shape index (κ2) is 6.12. The Hall–Kier alpha value is 0.270. The van der Waals surface area contributed by atoms with E-state index in [1.54, 1.807) is 0 Å².